The SMILES string of the molecule is Cc1nc2ccc(C3(CC(C)(C)N)COC3)cc2o1. The van der Waals surface area contributed by atoms with Crippen molar-refractivity contribution in [2.75, 3.05) is 13.2 Å². The molecule has 0 aliphatic carbocycles. The van der Waals surface area contributed by atoms with Crippen LogP contribution in [-0.2, 0) is 10.2 Å². The van der Waals surface area contributed by atoms with Gasteiger partial charge in [-0.3, -0.25) is 0 Å². The molecule has 0 amide bonds. The lowest BCUT2D eigenvalue weighted by Crippen LogP contribution is -2.53. The summed E-state index contributed by atoms with van der Waals surface area (Å²) < 4.78 is 11.1. The van der Waals surface area contributed by atoms with Crippen LogP contribution in [0, 0.1) is 6.92 Å². The van der Waals surface area contributed by atoms with Crippen LogP contribution in [0.4, 0.5) is 0 Å². The largest absolute Gasteiger partial charge is 0.441 e. The van der Waals surface area contributed by atoms with Crippen molar-refractivity contribution in [2.24, 2.45) is 5.73 Å². The Hall–Kier alpha value is -1.39. The van der Waals surface area contributed by atoms with Crippen molar-refractivity contribution in [3.63, 3.8) is 0 Å². The number of nitrogens with zero attached hydrogens (tertiary/aromatic N) is 1. The van der Waals surface area contributed by atoms with Crippen molar-refractivity contribution in [3.8, 4) is 0 Å². The summed E-state index contributed by atoms with van der Waals surface area (Å²) in [5.41, 5.74) is 8.99. The Balaban J connectivity index is 2.01. The van der Waals surface area contributed by atoms with Crippen molar-refractivity contribution in [1.29, 1.82) is 0 Å². The average Bonchev–Trinajstić information content (AvgIpc) is 2.61. The summed E-state index contributed by atoms with van der Waals surface area (Å²) in [4.78, 5) is 4.33. The number of rotatable bonds is 3. The second-order valence-corrected chi connectivity index (χ2v) is 6.35. The zero-order valence-corrected chi connectivity index (χ0v) is 11.7. The van der Waals surface area contributed by atoms with Gasteiger partial charge in [-0.25, -0.2) is 4.98 Å². The number of nitrogens with two attached hydrogens (primary N) is 1. The van der Waals surface area contributed by atoms with Gasteiger partial charge in [-0.05, 0) is 38.0 Å². The van der Waals surface area contributed by atoms with Crippen LogP contribution in [0.3, 0.4) is 0 Å². The maximum absolute atomic E-state index is 6.19. The van der Waals surface area contributed by atoms with Crippen LogP contribution in [0.2, 0.25) is 0 Å². The molecule has 2 aromatic rings. The standard InChI is InChI=1S/C15H20N2O2/c1-10-17-12-5-4-11(6-13(12)19-10)15(8-18-9-15)7-14(2,3)16/h4-6H,7-9,16H2,1-3H3. The lowest BCUT2D eigenvalue weighted by atomic mass is 9.71. The van der Waals surface area contributed by atoms with Crippen LogP contribution in [0.15, 0.2) is 22.6 Å². The number of oxazole rings is 1. The molecule has 19 heavy (non-hydrogen) atoms. The highest BCUT2D eigenvalue weighted by Gasteiger charge is 2.43. The molecule has 102 valence electrons. The summed E-state index contributed by atoms with van der Waals surface area (Å²) in [6, 6.07) is 6.23. The Kier molecular flexibility index (Phi) is 2.69. The zero-order chi connectivity index (χ0) is 13.7. The van der Waals surface area contributed by atoms with Crippen LogP contribution in [0.1, 0.15) is 31.7 Å². The Morgan fingerprint density at radius 3 is 2.68 bits per heavy atom. The highest BCUT2D eigenvalue weighted by molar-refractivity contribution is 5.73. The van der Waals surface area contributed by atoms with Gasteiger partial charge in [0, 0.05) is 17.9 Å². The second kappa shape index (κ2) is 4.05. The minimum atomic E-state index is -0.212. The van der Waals surface area contributed by atoms with E-state index in [2.05, 4.69) is 31.0 Å². The lowest BCUT2D eigenvalue weighted by molar-refractivity contribution is -0.0718. The van der Waals surface area contributed by atoms with Crippen LogP contribution in [-0.4, -0.2) is 23.7 Å². The van der Waals surface area contributed by atoms with E-state index in [1.54, 1.807) is 0 Å². The molecule has 1 fully saturated rings. The highest BCUT2D eigenvalue weighted by atomic mass is 16.5. The average molecular weight is 260 g/mol. The molecule has 4 heteroatoms. The van der Waals surface area contributed by atoms with E-state index in [1.807, 2.05) is 13.0 Å². The van der Waals surface area contributed by atoms with E-state index < -0.39 is 0 Å². The summed E-state index contributed by atoms with van der Waals surface area (Å²) in [6.07, 6.45) is 0.901. The predicted molar refractivity (Wildman–Crippen MR) is 74.1 cm³/mol. The third-order valence-electron chi connectivity index (χ3n) is 3.66. The molecule has 0 unspecified atom stereocenters. The first-order chi connectivity index (χ1) is 8.88. The van der Waals surface area contributed by atoms with Gasteiger partial charge in [0.2, 0.25) is 0 Å². The number of fused-ring (bicyclic) bond motifs is 1. The Bertz CT molecular complexity index is 606. The van der Waals surface area contributed by atoms with E-state index in [9.17, 15) is 0 Å². The number of benzene rings is 1. The fourth-order valence-electron chi connectivity index (χ4n) is 2.96. The number of aryl methyl sites for hydroxylation is 1. The van der Waals surface area contributed by atoms with Crippen molar-refractivity contribution in [2.45, 2.75) is 38.1 Å². The summed E-state index contributed by atoms with van der Waals surface area (Å²) in [5.74, 6) is 0.699. The maximum atomic E-state index is 6.19. The quantitative estimate of drug-likeness (QED) is 0.921. The first-order valence-corrected chi connectivity index (χ1v) is 6.62. The molecule has 4 nitrogen and oxygen atoms in total. The molecule has 0 spiro atoms. The minimum absolute atomic E-state index is 0.0210. The van der Waals surface area contributed by atoms with Crippen molar-refractivity contribution in [3.05, 3.63) is 29.7 Å². The number of aromatic nitrogens is 1. The smallest absolute Gasteiger partial charge is 0.192 e. The number of ether oxygens (including phenoxy) is 1. The van der Waals surface area contributed by atoms with E-state index >= 15 is 0 Å². The van der Waals surface area contributed by atoms with E-state index in [1.165, 1.54) is 5.56 Å². The van der Waals surface area contributed by atoms with Crippen LogP contribution < -0.4 is 5.73 Å². The third kappa shape index (κ3) is 2.26. The zero-order valence-electron chi connectivity index (χ0n) is 11.7. The Morgan fingerprint density at radius 1 is 1.37 bits per heavy atom. The van der Waals surface area contributed by atoms with E-state index in [0.29, 0.717) is 5.89 Å². The molecule has 1 aliphatic rings. The molecule has 1 saturated heterocycles. The van der Waals surface area contributed by atoms with E-state index in [-0.39, 0.29) is 11.0 Å². The predicted octanol–water partition coefficient (Wildman–Crippen LogP) is 2.53. The van der Waals surface area contributed by atoms with Gasteiger partial charge in [-0.1, -0.05) is 6.07 Å². The third-order valence-corrected chi connectivity index (χ3v) is 3.66. The first-order valence-electron chi connectivity index (χ1n) is 6.62. The summed E-state index contributed by atoms with van der Waals surface area (Å²) >= 11 is 0. The molecule has 3 rings (SSSR count). The molecule has 0 atom stereocenters. The fourth-order valence-corrected chi connectivity index (χ4v) is 2.96. The molecule has 2 heterocycles. The fraction of sp³-hybridized carbons (Fsp3) is 0.533. The second-order valence-electron chi connectivity index (χ2n) is 6.35. The molecule has 0 bridgehead atoms. The van der Waals surface area contributed by atoms with Gasteiger partial charge >= 0.3 is 0 Å². The van der Waals surface area contributed by atoms with Crippen LogP contribution in [0.5, 0.6) is 0 Å². The summed E-state index contributed by atoms with van der Waals surface area (Å²) in [5, 5.41) is 0. The van der Waals surface area contributed by atoms with Crippen molar-refractivity contribution in [1.82, 2.24) is 4.98 Å². The van der Waals surface area contributed by atoms with Gasteiger partial charge in [0.1, 0.15) is 5.52 Å². The van der Waals surface area contributed by atoms with E-state index in [4.69, 9.17) is 14.9 Å². The normalized spacial score (nSPS) is 18.5. The first kappa shape index (κ1) is 12.6. The maximum Gasteiger partial charge on any atom is 0.192 e. The minimum Gasteiger partial charge on any atom is -0.441 e. The molecule has 2 N–H and O–H groups in total. The van der Waals surface area contributed by atoms with Crippen molar-refractivity contribution < 1.29 is 9.15 Å². The van der Waals surface area contributed by atoms with E-state index in [0.717, 1.165) is 30.7 Å². The Labute approximate surface area is 112 Å². The van der Waals surface area contributed by atoms with Crippen molar-refractivity contribution >= 4 is 11.1 Å². The molecule has 1 aromatic heterocycles. The Morgan fingerprint density at radius 2 is 2.11 bits per heavy atom. The lowest BCUT2D eigenvalue weighted by Gasteiger charge is -2.45. The molecule has 1 aromatic carbocycles. The van der Waals surface area contributed by atoms with Gasteiger partial charge in [0.15, 0.2) is 11.5 Å². The molecular weight excluding hydrogens is 240 g/mol. The highest BCUT2D eigenvalue weighted by Crippen LogP contribution is 2.39. The van der Waals surface area contributed by atoms with Gasteiger partial charge in [-0.2, -0.15) is 0 Å². The monoisotopic (exact) mass is 260 g/mol. The molecular formula is C15H20N2O2. The molecule has 0 saturated carbocycles. The molecule has 0 radical (unpaired) electrons. The summed E-state index contributed by atoms with van der Waals surface area (Å²) in [6.45, 7) is 7.44. The van der Waals surface area contributed by atoms with Crippen LogP contribution >= 0.6 is 0 Å². The topological polar surface area (TPSA) is 61.3 Å². The van der Waals surface area contributed by atoms with Gasteiger partial charge in [-0.15, -0.1) is 0 Å². The van der Waals surface area contributed by atoms with Crippen LogP contribution in [0.25, 0.3) is 11.1 Å². The molecule has 1 aliphatic heterocycles. The van der Waals surface area contributed by atoms with Gasteiger partial charge in [0.05, 0.1) is 13.2 Å². The number of hydrogen-bond acceptors (Lipinski definition) is 4. The number of hydrogen-bond donors (Lipinski definition) is 1. The van der Waals surface area contributed by atoms with Gasteiger partial charge in [0.25, 0.3) is 0 Å². The van der Waals surface area contributed by atoms with Gasteiger partial charge < -0.3 is 14.9 Å². The summed E-state index contributed by atoms with van der Waals surface area (Å²) in [7, 11) is 0.